The number of nitrogens with one attached hydrogen (secondary N) is 2. The summed E-state index contributed by atoms with van der Waals surface area (Å²) in [7, 11) is 0. The summed E-state index contributed by atoms with van der Waals surface area (Å²) in [6, 6.07) is 32.8. The lowest BCUT2D eigenvalue weighted by atomic mass is 9.98. The quantitative estimate of drug-likeness (QED) is 0.0293. The van der Waals surface area contributed by atoms with Crippen LogP contribution in [0.1, 0.15) is 134 Å². The molecule has 6 aliphatic rings. The van der Waals surface area contributed by atoms with E-state index < -0.39 is 245 Å². The summed E-state index contributed by atoms with van der Waals surface area (Å²) in [6.07, 6.45) is -24.2. The maximum absolute atomic E-state index is 13.0. The Bertz CT molecular complexity index is 5560. The molecular formula is C100H102N4O40. The highest BCUT2D eigenvalue weighted by Gasteiger charge is 2.58. The van der Waals surface area contributed by atoms with Crippen LogP contribution in [0.25, 0.3) is 90.9 Å². The summed E-state index contributed by atoms with van der Waals surface area (Å²) >= 11 is 0. The lowest BCUT2D eigenvalue weighted by molar-refractivity contribution is -0.288. The number of aromatic nitrogens is 4. The lowest BCUT2D eigenvalue weighted by Gasteiger charge is -2.43. The van der Waals surface area contributed by atoms with Crippen molar-refractivity contribution in [2.45, 2.75) is 234 Å². The van der Waals surface area contributed by atoms with Crippen LogP contribution >= 0.6 is 0 Å². The maximum Gasteiger partial charge on any atom is 0.303 e. The van der Waals surface area contributed by atoms with E-state index in [1.807, 2.05) is 0 Å². The van der Waals surface area contributed by atoms with Gasteiger partial charge >= 0.3 is 95.5 Å². The van der Waals surface area contributed by atoms with Crippen LogP contribution < -0.4 is 18.9 Å². The number of hydrogen-bond acceptors (Lipinski definition) is 42. The van der Waals surface area contributed by atoms with Gasteiger partial charge in [0, 0.05) is 155 Å². The van der Waals surface area contributed by atoms with Gasteiger partial charge in [-0.15, -0.1) is 0 Å². The van der Waals surface area contributed by atoms with Crippen molar-refractivity contribution < 1.29 is 190 Å². The summed E-state index contributed by atoms with van der Waals surface area (Å²) < 4.78 is 141. The SMILES string of the molecule is CC(=O)OCC1O[C@@H](Oc2ccc(-c3c4nc(c(-c5ccc(O[C@@H]6OC(COC(C)=O)[C@@H](OC(C)=O)C(OC(C)=O)C6OC(C)=O)cc5)c5ccc([nH]5)c(-c5ccc(O[C@@H]6OC(COC(C)=O)[C@@H](OC(C)=O)C(OC(C)=O)C6OC(C)=O)cc5)c5nc(c(-c6ccc(OC7O[C@H](COC(C)=O)C(OC(C)=O)C(OC(C)=O)[C@H]7OC(C)=O)cc6)c6ccc3[nH]6)C=C5)C=C4)cc2)C(OC(C)=O)C(OC(C)=O)[C@@H]1OC(C)=O. The summed E-state index contributed by atoms with van der Waals surface area (Å²) in [4.78, 5) is 222. The predicted molar refractivity (Wildman–Crippen MR) is 491 cm³/mol. The second-order valence-electron chi connectivity index (χ2n) is 33.3. The van der Waals surface area contributed by atoms with Gasteiger partial charge in [-0.2, -0.15) is 0 Å². The van der Waals surface area contributed by atoms with Crippen molar-refractivity contribution in [3.8, 4) is 67.5 Å². The third-order valence-electron chi connectivity index (χ3n) is 22.1. The van der Waals surface area contributed by atoms with Gasteiger partial charge in [-0.1, -0.05) is 48.5 Å². The molecule has 13 rings (SSSR count). The van der Waals surface area contributed by atoms with Gasteiger partial charge in [-0.3, -0.25) is 76.7 Å². The second-order valence-corrected chi connectivity index (χ2v) is 33.3. The molecule has 6 aliphatic heterocycles. The molecule has 762 valence electrons. The molecule has 144 heavy (non-hydrogen) atoms. The fourth-order valence-corrected chi connectivity index (χ4v) is 16.9. The monoisotopic (exact) mass is 2000 g/mol. The van der Waals surface area contributed by atoms with Crippen LogP contribution in [0, 0.1) is 0 Å². The molecule has 0 spiro atoms. The number of rotatable bonds is 32. The third-order valence-corrected chi connectivity index (χ3v) is 22.1. The minimum Gasteiger partial charge on any atom is -0.463 e. The Kier molecular flexibility index (Phi) is 34.1. The molecule has 9 heterocycles. The molecule has 3 aromatic heterocycles. The molecule has 0 amide bonds. The van der Waals surface area contributed by atoms with Gasteiger partial charge in [-0.05, 0) is 119 Å². The summed E-state index contributed by atoms with van der Waals surface area (Å²) in [5.74, 6) is -13.3. The normalized spacial score (nSPS) is 23.9. The summed E-state index contributed by atoms with van der Waals surface area (Å²) in [5, 5.41) is 0. The number of esters is 16. The van der Waals surface area contributed by atoms with Crippen LogP contribution in [0.2, 0.25) is 0 Å². The predicted octanol–water partition coefficient (Wildman–Crippen LogP) is 9.17. The van der Waals surface area contributed by atoms with Crippen LogP contribution in [0.5, 0.6) is 23.0 Å². The Morgan fingerprint density at radius 3 is 0.535 bits per heavy atom. The van der Waals surface area contributed by atoms with Crippen LogP contribution in [-0.2, 0) is 171 Å². The average molecular weight is 2000 g/mol. The topological polar surface area (TPSA) is 552 Å². The number of nitrogens with zero attached hydrogens (tertiary/aromatic N) is 2. The smallest absolute Gasteiger partial charge is 0.303 e. The molecule has 20 atom stereocenters. The highest BCUT2D eigenvalue weighted by Crippen LogP contribution is 2.44. The Labute approximate surface area is 820 Å². The molecule has 4 aromatic carbocycles. The van der Waals surface area contributed by atoms with Gasteiger partial charge in [0.05, 0.1) is 22.8 Å². The molecule has 7 aromatic rings. The Morgan fingerprint density at radius 2 is 0.375 bits per heavy atom. The molecule has 44 nitrogen and oxygen atoms in total. The van der Waals surface area contributed by atoms with Gasteiger partial charge in [0.1, 0.15) is 73.8 Å². The number of hydrogen-bond donors (Lipinski definition) is 2. The number of H-pyrrole nitrogens is 2. The van der Waals surface area contributed by atoms with E-state index in [2.05, 4.69) is 9.97 Å². The molecule has 4 saturated heterocycles. The second kappa shape index (κ2) is 46.6. The highest BCUT2D eigenvalue weighted by atomic mass is 16.8. The molecule has 8 bridgehead atoms. The zero-order chi connectivity index (χ0) is 104. The first-order valence-electron chi connectivity index (χ1n) is 44.9. The number of carbonyl (C=O) groups excluding carboxylic acids is 16. The fraction of sp³-hybridized carbons (Fsp3) is 0.400. The molecule has 2 N–H and O–H groups in total. The van der Waals surface area contributed by atoms with Crippen molar-refractivity contribution in [3.05, 3.63) is 144 Å². The lowest BCUT2D eigenvalue weighted by Crippen LogP contribution is -2.63. The molecule has 44 heteroatoms. The Hall–Kier alpha value is -16.0. The zero-order valence-corrected chi connectivity index (χ0v) is 80.5. The van der Waals surface area contributed by atoms with Crippen LogP contribution in [0.3, 0.4) is 0 Å². The third kappa shape index (κ3) is 26.6. The van der Waals surface area contributed by atoms with Gasteiger partial charge in [0.2, 0.25) is 49.6 Å². The van der Waals surface area contributed by atoms with Crippen LogP contribution in [0.4, 0.5) is 0 Å². The van der Waals surface area contributed by atoms with Gasteiger partial charge < -0.3 is 124 Å². The summed E-state index contributed by atoms with van der Waals surface area (Å²) in [6.45, 7) is 15.2. The van der Waals surface area contributed by atoms with E-state index >= 15 is 0 Å². The van der Waals surface area contributed by atoms with E-state index in [0.29, 0.717) is 89.4 Å². The Balaban J connectivity index is 1.02. The Morgan fingerprint density at radius 1 is 0.215 bits per heavy atom. The van der Waals surface area contributed by atoms with Gasteiger partial charge in [-0.25, -0.2) is 9.97 Å². The molecule has 4 fully saturated rings. The van der Waals surface area contributed by atoms with E-state index in [-0.39, 0.29) is 23.0 Å². The fourth-order valence-electron chi connectivity index (χ4n) is 16.9. The van der Waals surface area contributed by atoms with Crippen molar-refractivity contribution >= 4 is 142 Å². The molecular weight excluding hydrogens is 1900 g/mol. The maximum atomic E-state index is 13.0. The number of benzene rings is 4. The number of aromatic amines is 2. The van der Waals surface area contributed by atoms with Crippen molar-refractivity contribution in [1.82, 2.24) is 19.9 Å². The highest BCUT2D eigenvalue weighted by molar-refractivity contribution is 6.00. The van der Waals surface area contributed by atoms with Crippen molar-refractivity contribution in [2.24, 2.45) is 0 Å². The number of fused-ring (bicyclic) bond motifs is 8. The first-order chi connectivity index (χ1) is 68.5. The number of carbonyl (C=O) groups is 16. The van der Waals surface area contributed by atoms with E-state index in [0.717, 1.165) is 111 Å². The van der Waals surface area contributed by atoms with Crippen molar-refractivity contribution in [2.75, 3.05) is 26.4 Å². The van der Waals surface area contributed by atoms with Crippen LogP contribution in [0.15, 0.2) is 121 Å². The number of ether oxygens (including phenoxy) is 24. The minimum absolute atomic E-state index is 0.0514. The minimum atomic E-state index is -1.66. The molecule has 12 unspecified atom stereocenters. The largest absolute Gasteiger partial charge is 0.463 e. The first kappa shape index (κ1) is 105. The molecule has 0 radical (unpaired) electrons. The summed E-state index contributed by atoms with van der Waals surface area (Å²) in [5.41, 5.74) is 6.28. The van der Waals surface area contributed by atoms with Gasteiger partial charge in [0.25, 0.3) is 0 Å². The van der Waals surface area contributed by atoms with Crippen molar-refractivity contribution in [3.63, 3.8) is 0 Å². The molecule has 0 saturated carbocycles. The standard InChI is InChI=1S/C100H102N4O40/c1-45(105)121-41-77-85(125-49(5)109)89(129-53(9)113)93(133-57(13)117)97(141-77)137-65-25-17-61(18-26-65)81-69-33-35-71(101-69)82(62-19-27-66(28-20-62)138-98-94(134-58(14)118)90(130-54(10)114)86(126-50(6)110)78(142-98)42-122-46(2)106)73-37-39-75(103-73)84(64-23-31-68(32-24-64)140-100-96(136-60(16)120)92(132-56(12)116)88(128-52(8)112)80(144-100)44-124-48(4)108)76-40-38-74(104-76)83(72-36-34-70(81)102-72)63-21-29-67(30-22-63)139-99-95(135-59(15)119)91(131-55(11)115)87(127-51(7)111)79(143-99)43-123-47(3)107/h17-40,77-80,85-101,104H,41-44H2,1-16H3/t77-,78?,79?,80?,85?,86-,87-,88-,89?,90?,91?,92?,93-,94?,95?,96?,97?,98-,99-,100-/m1/s1. The van der Waals surface area contributed by atoms with Gasteiger partial charge in [0.15, 0.2) is 48.8 Å². The average Bonchev–Trinajstić information content (AvgIpc) is 1.67. The van der Waals surface area contributed by atoms with Crippen molar-refractivity contribution in [1.29, 1.82) is 0 Å². The van der Waals surface area contributed by atoms with E-state index in [9.17, 15) is 76.7 Å². The molecule has 0 aliphatic carbocycles. The van der Waals surface area contributed by atoms with Crippen LogP contribution in [-0.4, -0.2) is 265 Å². The van der Waals surface area contributed by atoms with E-state index in [1.165, 1.54) is 0 Å². The van der Waals surface area contributed by atoms with E-state index in [1.54, 1.807) is 146 Å². The first-order valence-corrected chi connectivity index (χ1v) is 44.9. The zero-order valence-electron chi connectivity index (χ0n) is 80.5. The van der Waals surface area contributed by atoms with E-state index in [4.69, 9.17) is 124 Å².